The standard InChI is InChI=1S/C16H15ClN4O2S/c1-18-14(22)8-19-7-13-20-11-6-12(24-15(11)16(23)21-13)9-2-4-10(17)5-3-9/h2-6,19H,7-8H2,1H3,(H,18,22)(H,20,21,23)/p+1. The summed E-state index contributed by atoms with van der Waals surface area (Å²) >= 11 is 7.31. The average molecular weight is 364 g/mol. The van der Waals surface area contributed by atoms with Crippen molar-refractivity contribution in [2.75, 3.05) is 13.6 Å². The van der Waals surface area contributed by atoms with E-state index in [1.165, 1.54) is 11.3 Å². The molecule has 3 rings (SSSR count). The first kappa shape index (κ1) is 16.6. The minimum atomic E-state index is -0.159. The van der Waals surface area contributed by atoms with Crippen molar-refractivity contribution in [3.05, 3.63) is 51.5 Å². The van der Waals surface area contributed by atoms with Crippen LogP contribution in [0.3, 0.4) is 0 Å². The lowest BCUT2D eigenvalue weighted by Gasteiger charge is -2.00. The molecule has 6 nitrogen and oxygen atoms in total. The highest BCUT2D eigenvalue weighted by Gasteiger charge is 2.11. The highest BCUT2D eigenvalue weighted by molar-refractivity contribution is 7.22. The van der Waals surface area contributed by atoms with Gasteiger partial charge in [0, 0.05) is 16.9 Å². The van der Waals surface area contributed by atoms with Crippen LogP contribution in [0.25, 0.3) is 20.7 Å². The molecule has 1 amide bonds. The number of quaternary nitrogens is 1. The molecule has 1 aromatic carbocycles. The Morgan fingerprint density at radius 3 is 2.83 bits per heavy atom. The third-order valence-electron chi connectivity index (χ3n) is 3.51. The molecule has 0 bridgehead atoms. The summed E-state index contributed by atoms with van der Waals surface area (Å²) in [6.07, 6.45) is 0. The molecule has 8 heteroatoms. The van der Waals surface area contributed by atoms with Gasteiger partial charge in [-0.2, -0.15) is 0 Å². The van der Waals surface area contributed by atoms with Gasteiger partial charge in [0.2, 0.25) is 0 Å². The first-order valence-electron chi connectivity index (χ1n) is 7.38. The third kappa shape index (κ3) is 3.64. The van der Waals surface area contributed by atoms with Crippen molar-refractivity contribution in [2.24, 2.45) is 0 Å². The lowest BCUT2D eigenvalue weighted by atomic mass is 10.2. The summed E-state index contributed by atoms with van der Waals surface area (Å²) in [5.41, 5.74) is 1.50. The first-order valence-corrected chi connectivity index (χ1v) is 8.57. The van der Waals surface area contributed by atoms with E-state index >= 15 is 0 Å². The molecule has 2 aromatic heterocycles. The van der Waals surface area contributed by atoms with Crippen LogP contribution in [0.5, 0.6) is 0 Å². The van der Waals surface area contributed by atoms with Crippen LogP contribution in [-0.4, -0.2) is 29.5 Å². The number of halogens is 1. The normalized spacial score (nSPS) is 10.9. The van der Waals surface area contributed by atoms with Crippen molar-refractivity contribution in [1.29, 1.82) is 0 Å². The molecule has 24 heavy (non-hydrogen) atoms. The molecular formula is C16H16ClN4O2S+. The fourth-order valence-corrected chi connectivity index (χ4v) is 3.41. The number of H-pyrrole nitrogens is 1. The number of aromatic nitrogens is 2. The summed E-state index contributed by atoms with van der Waals surface area (Å²) in [6.45, 7) is 0.725. The molecule has 3 aromatic rings. The van der Waals surface area contributed by atoms with Gasteiger partial charge in [-0.3, -0.25) is 9.59 Å². The molecule has 0 aliphatic carbocycles. The molecule has 2 heterocycles. The molecule has 0 radical (unpaired) electrons. The van der Waals surface area contributed by atoms with E-state index in [0.29, 0.717) is 27.6 Å². The fourth-order valence-electron chi connectivity index (χ4n) is 2.28. The van der Waals surface area contributed by atoms with Crippen molar-refractivity contribution in [3.63, 3.8) is 0 Å². The van der Waals surface area contributed by atoms with E-state index in [4.69, 9.17) is 11.6 Å². The Hall–Kier alpha value is -2.22. The number of nitrogens with one attached hydrogen (secondary N) is 2. The lowest BCUT2D eigenvalue weighted by molar-refractivity contribution is -0.661. The molecule has 0 spiro atoms. The van der Waals surface area contributed by atoms with Gasteiger partial charge in [0.25, 0.3) is 11.5 Å². The number of hydrogen-bond acceptors (Lipinski definition) is 4. The smallest absolute Gasteiger partial charge is 0.274 e. The second-order valence-corrected chi connectivity index (χ2v) is 6.70. The summed E-state index contributed by atoms with van der Waals surface area (Å²) in [5.74, 6) is 0.482. The molecular weight excluding hydrogens is 348 g/mol. The maximum atomic E-state index is 12.3. The van der Waals surface area contributed by atoms with Crippen LogP contribution < -0.4 is 16.2 Å². The zero-order chi connectivity index (χ0) is 17.1. The minimum Gasteiger partial charge on any atom is -0.354 e. The van der Waals surface area contributed by atoms with Crippen molar-refractivity contribution >= 4 is 39.1 Å². The Balaban J connectivity index is 1.86. The van der Waals surface area contributed by atoms with E-state index in [-0.39, 0.29) is 18.0 Å². The number of thiophene rings is 1. The van der Waals surface area contributed by atoms with Gasteiger partial charge in [-0.25, -0.2) is 4.98 Å². The van der Waals surface area contributed by atoms with Crippen molar-refractivity contribution < 1.29 is 10.1 Å². The fraction of sp³-hybridized carbons (Fsp3) is 0.188. The highest BCUT2D eigenvalue weighted by atomic mass is 35.5. The number of likely N-dealkylation sites (N-methyl/N-ethyl adjacent to an activating group) is 1. The van der Waals surface area contributed by atoms with Crippen molar-refractivity contribution in [3.8, 4) is 10.4 Å². The summed E-state index contributed by atoms with van der Waals surface area (Å²) < 4.78 is 0.593. The molecule has 124 valence electrons. The van der Waals surface area contributed by atoms with E-state index in [1.807, 2.05) is 30.3 Å². The van der Waals surface area contributed by atoms with Crippen LogP contribution in [0.4, 0.5) is 0 Å². The zero-order valence-corrected chi connectivity index (χ0v) is 14.5. The summed E-state index contributed by atoms with van der Waals surface area (Å²) in [6, 6.07) is 9.37. The maximum absolute atomic E-state index is 12.3. The SMILES string of the molecule is CNC(=O)C[NH2+]Cc1nc2cc(-c3ccc(Cl)cc3)sc2c(=O)[nH]1. The number of carbonyl (C=O) groups is 1. The van der Waals surface area contributed by atoms with Gasteiger partial charge in [0.05, 0.1) is 5.52 Å². The van der Waals surface area contributed by atoms with Crippen molar-refractivity contribution in [1.82, 2.24) is 15.3 Å². The number of carbonyl (C=O) groups excluding carboxylic acids is 1. The van der Waals surface area contributed by atoms with Crippen LogP contribution in [0, 0.1) is 0 Å². The number of nitrogens with zero attached hydrogens (tertiary/aromatic N) is 1. The largest absolute Gasteiger partial charge is 0.354 e. The number of nitrogens with two attached hydrogens (primary N) is 1. The Morgan fingerprint density at radius 2 is 2.12 bits per heavy atom. The number of rotatable bonds is 5. The van der Waals surface area contributed by atoms with E-state index in [9.17, 15) is 9.59 Å². The number of aromatic amines is 1. The van der Waals surface area contributed by atoms with Crippen LogP contribution in [-0.2, 0) is 11.3 Å². The quantitative estimate of drug-likeness (QED) is 0.634. The number of fused-ring (bicyclic) bond motifs is 1. The molecule has 0 unspecified atom stereocenters. The van der Waals surface area contributed by atoms with Gasteiger partial charge in [-0.05, 0) is 23.8 Å². The molecule has 0 aliphatic rings. The Bertz CT molecular complexity index is 933. The topological polar surface area (TPSA) is 91.5 Å². The molecule has 0 aliphatic heterocycles. The predicted molar refractivity (Wildman–Crippen MR) is 95.2 cm³/mol. The first-order chi connectivity index (χ1) is 11.6. The molecule has 0 saturated carbocycles. The Labute approximate surface area is 146 Å². The molecule has 0 atom stereocenters. The monoisotopic (exact) mass is 363 g/mol. The van der Waals surface area contributed by atoms with E-state index in [2.05, 4.69) is 15.3 Å². The number of hydrogen-bond donors (Lipinski definition) is 3. The minimum absolute atomic E-state index is 0.0704. The predicted octanol–water partition coefficient (Wildman–Crippen LogP) is 1.11. The third-order valence-corrected chi connectivity index (χ3v) is 4.93. The summed E-state index contributed by atoms with van der Waals surface area (Å²) in [4.78, 5) is 31.7. The van der Waals surface area contributed by atoms with E-state index in [1.54, 1.807) is 12.4 Å². The molecule has 0 saturated heterocycles. The summed E-state index contributed by atoms with van der Waals surface area (Å²) in [7, 11) is 1.59. The van der Waals surface area contributed by atoms with Gasteiger partial charge in [-0.1, -0.05) is 23.7 Å². The molecule has 4 N–H and O–H groups in total. The summed E-state index contributed by atoms with van der Waals surface area (Å²) in [5, 5.41) is 5.01. The van der Waals surface area contributed by atoms with Gasteiger partial charge >= 0.3 is 0 Å². The Morgan fingerprint density at radius 1 is 1.38 bits per heavy atom. The number of amides is 1. The highest BCUT2D eigenvalue weighted by Crippen LogP contribution is 2.31. The van der Waals surface area contributed by atoms with Gasteiger partial charge in [-0.15, -0.1) is 11.3 Å². The van der Waals surface area contributed by atoms with Crippen LogP contribution in [0.15, 0.2) is 35.1 Å². The second-order valence-electron chi connectivity index (χ2n) is 5.21. The number of benzene rings is 1. The average Bonchev–Trinajstić information content (AvgIpc) is 3.00. The van der Waals surface area contributed by atoms with Crippen LogP contribution in [0.1, 0.15) is 5.82 Å². The lowest BCUT2D eigenvalue weighted by Crippen LogP contribution is -2.85. The van der Waals surface area contributed by atoms with Crippen LogP contribution in [0.2, 0.25) is 5.02 Å². The van der Waals surface area contributed by atoms with E-state index in [0.717, 1.165) is 10.4 Å². The van der Waals surface area contributed by atoms with E-state index < -0.39 is 0 Å². The zero-order valence-electron chi connectivity index (χ0n) is 12.9. The van der Waals surface area contributed by atoms with Gasteiger partial charge in [0.15, 0.2) is 12.4 Å². The van der Waals surface area contributed by atoms with Gasteiger partial charge < -0.3 is 15.6 Å². The van der Waals surface area contributed by atoms with Gasteiger partial charge in [0.1, 0.15) is 11.2 Å². The molecule has 0 fully saturated rings. The maximum Gasteiger partial charge on any atom is 0.274 e. The Kier molecular flexibility index (Phi) is 4.94. The van der Waals surface area contributed by atoms with Crippen LogP contribution >= 0.6 is 22.9 Å². The second kappa shape index (κ2) is 7.12. The van der Waals surface area contributed by atoms with Crippen molar-refractivity contribution in [2.45, 2.75) is 6.54 Å².